The van der Waals surface area contributed by atoms with Crippen LogP contribution in [0.1, 0.15) is 0 Å². The van der Waals surface area contributed by atoms with Gasteiger partial charge in [-0.05, 0) is 0 Å². The molecule has 0 N–H and O–H groups in total. The quantitative estimate of drug-likeness (QED) is 0.328. The van der Waals surface area contributed by atoms with Crippen molar-refractivity contribution in [3.8, 4) is 0 Å². The van der Waals surface area contributed by atoms with Crippen LogP contribution < -0.4 is 0 Å². The molecule has 0 aliphatic heterocycles. The van der Waals surface area contributed by atoms with Gasteiger partial charge in [-0.1, -0.05) is 0 Å². The zero-order chi connectivity index (χ0) is 5.54. The molecule has 0 aromatic carbocycles. The van der Waals surface area contributed by atoms with E-state index in [0.717, 1.165) is 0 Å². The van der Waals surface area contributed by atoms with Gasteiger partial charge in [0.2, 0.25) is 0 Å². The Morgan fingerprint density at radius 3 is 2.12 bits per heavy atom. The molecule has 8 heavy (non-hydrogen) atoms. The second kappa shape index (κ2) is 10.2. The van der Waals surface area contributed by atoms with Crippen LogP contribution >= 0.6 is 12.4 Å². The standard InChI is InChI=1S/C4H10O3.ClH/c1-5-3-4-7-6-2;/h3-4H2,1-2H3;1H. The Labute approximate surface area is 55.3 Å². The first kappa shape index (κ1) is 11.0. The van der Waals surface area contributed by atoms with Crippen molar-refractivity contribution in [2.24, 2.45) is 0 Å². The fourth-order valence-electron chi connectivity index (χ4n) is 0.201. The van der Waals surface area contributed by atoms with Crippen LogP contribution in [0.3, 0.4) is 0 Å². The Hall–Kier alpha value is 0.170. The minimum Gasteiger partial charge on any atom is -0.382 e. The van der Waals surface area contributed by atoms with Crippen LogP contribution in [-0.2, 0) is 14.5 Å². The van der Waals surface area contributed by atoms with E-state index in [9.17, 15) is 0 Å². The lowest BCUT2D eigenvalue weighted by Crippen LogP contribution is -1.99. The lowest BCUT2D eigenvalue weighted by molar-refractivity contribution is -0.276. The Kier molecular flexibility index (Phi) is 14.1. The zero-order valence-electron chi connectivity index (χ0n) is 5.05. The first-order chi connectivity index (χ1) is 3.41. The van der Waals surface area contributed by atoms with Gasteiger partial charge in [0.25, 0.3) is 0 Å². The number of ether oxygens (including phenoxy) is 1. The molecule has 0 unspecified atom stereocenters. The van der Waals surface area contributed by atoms with Crippen molar-refractivity contribution in [1.82, 2.24) is 0 Å². The van der Waals surface area contributed by atoms with Crippen molar-refractivity contribution in [3.05, 3.63) is 0 Å². The highest BCUT2D eigenvalue weighted by Crippen LogP contribution is 1.71. The van der Waals surface area contributed by atoms with Gasteiger partial charge in [0, 0.05) is 7.11 Å². The van der Waals surface area contributed by atoms with Crippen molar-refractivity contribution in [3.63, 3.8) is 0 Å². The van der Waals surface area contributed by atoms with E-state index in [1.807, 2.05) is 0 Å². The summed E-state index contributed by atoms with van der Waals surface area (Å²) in [5.41, 5.74) is 0. The van der Waals surface area contributed by atoms with Crippen LogP contribution in [0.4, 0.5) is 0 Å². The molecule has 0 rings (SSSR count). The molecule has 0 atom stereocenters. The van der Waals surface area contributed by atoms with Gasteiger partial charge in [0.05, 0.1) is 13.7 Å². The van der Waals surface area contributed by atoms with Crippen molar-refractivity contribution in [2.45, 2.75) is 0 Å². The number of rotatable bonds is 4. The van der Waals surface area contributed by atoms with E-state index in [2.05, 4.69) is 14.5 Å². The number of hydrogen-bond acceptors (Lipinski definition) is 3. The first-order valence-electron chi connectivity index (χ1n) is 2.06. The molecule has 0 aliphatic carbocycles. The van der Waals surface area contributed by atoms with Gasteiger partial charge in [-0.3, -0.25) is 0 Å². The van der Waals surface area contributed by atoms with Gasteiger partial charge in [-0.2, -0.15) is 0 Å². The van der Waals surface area contributed by atoms with E-state index in [1.165, 1.54) is 7.11 Å². The summed E-state index contributed by atoms with van der Waals surface area (Å²) in [6.45, 7) is 1.07. The van der Waals surface area contributed by atoms with Crippen molar-refractivity contribution in [2.75, 3.05) is 27.4 Å². The molecule has 0 heterocycles. The second-order valence-corrected chi connectivity index (χ2v) is 0.981. The lowest BCUT2D eigenvalue weighted by atomic mass is 10.8. The Balaban J connectivity index is 0. The van der Waals surface area contributed by atoms with Crippen molar-refractivity contribution < 1.29 is 14.5 Å². The molecule has 0 fully saturated rings. The highest BCUT2D eigenvalue weighted by molar-refractivity contribution is 5.85. The molecule has 0 saturated carbocycles. The summed E-state index contributed by atoms with van der Waals surface area (Å²) in [6, 6.07) is 0. The summed E-state index contributed by atoms with van der Waals surface area (Å²) in [7, 11) is 3.08. The summed E-state index contributed by atoms with van der Waals surface area (Å²) in [5.74, 6) is 0. The Morgan fingerprint density at radius 2 is 1.75 bits per heavy atom. The molecule has 3 nitrogen and oxygen atoms in total. The molecular weight excluding hydrogens is 131 g/mol. The van der Waals surface area contributed by atoms with Crippen LogP contribution in [0.2, 0.25) is 0 Å². The average molecular weight is 143 g/mol. The summed E-state index contributed by atoms with van der Waals surface area (Å²) < 4.78 is 4.64. The number of methoxy groups -OCH3 is 1. The van der Waals surface area contributed by atoms with Gasteiger partial charge < -0.3 is 4.74 Å². The minimum absolute atomic E-state index is 0. The molecule has 0 spiro atoms. The fourth-order valence-corrected chi connectivity index (χ4v) is 0.201. The van der Waals surface area contributed by atoms with Gasteiger partial charge in [0.15, 0.2) is 0 Å². The van der Waals surface area contributed by atoms with E-state index in [-0.39, 0.29) is 12.4 Å². The molecule has 0 aromatic rings. The zero-order valence-corrected chi connectivity index (χ0v) is 5.86. The first-order valence-corrected chi connectivity index (χ1v) is 2.06. The largest absolute Gasteiger partial charge is 0.382 e. The topological polar surface area (TPSA) is 27.7 Å². The van der Waals surface area contributed by atoms with Gasteiger partial charge in [-0.15, -0.1) is 12.4 Å². The van der Waals surface area contributed by atoms with Crippen molar-refractivity contribution in [1.29, 1.82) is 0 Å². The van der Waals surface area contributed by atoms with E-state index < -0.39 is 0 Å². The third-order valence-electron chi connectivity index (χ3n) is 0.489. The van der Waals surface area contributed by atoms with Crippen LogP contribution in [0.15, 0.2) is 0 Å². The molecule has 0 bridgehead atoms. The number of halogens is 1. The molecule has 0 radical (unpaired) electrons. The monoisotopic (exact) mass is 142 g/mol. The van der Waals surface area contributed by atoms with Crippen LogP contribution in [0.25, 0.3) is 0 Å². The number of hydrogen-bond donors (Lipinski definition) is 0. The normalized spacial score (nSPS) is 8.25. The summed E-state index contributed by atoms with van der Waals surface area (Å²) in [4.78, 5) is 8.71. The van der Waals surface area contributed by atoms with Crippen LogP contribution in [-0.4, -0.2) is 27.4 Å². The molecule has 0 aliphatic rings. The molecular formula is C4H11ClO3. The van der Waals surface area contributed by atoms with Gasteiger partial charge >= 0.3 is 0 Å². The maximum atomic E-state index is 4.64. The van der Waals surface area contributed by atoms with E-state index in [0.29, 0.717) is 13.2 Å². The van der Waals surface area contributed by atoms with Crippen molar-refractivity contribution >= 4 is 12.4 Å². The third-order valence-corrected chi connectivity index (χ3v) is 0.489. The Morgan fingerprint density at radius 1 is 1.12 bits per heavy atom. The fraction of sp³-hybridized carbons (Fsp3) is 1.00. The SMILES string of the molecule is COCCOOC.Cl. The summed E-state index contributed by atoms with van der Waals surface area (Å²) in [5, 5.41) is 0. The minimum atomic E-state index is 0. The Bertz CT molecular complexity index is 30.5. The molecule has 4 heteroatoms. The van der Waals surface area contributed by atoms with E-state index in [1.54, 1.807) is 7.11 Å². The lowest BCUT2D eigenvalue weighted by Gasteiger charge is -1.95. The maximum Gasteiger partial charge on any atom is 0.106 e. The maximum absolute atomic E-state index is 4.64. The van der Waals surface area contributed by atoms with Crippen LogP contribution in [0.5, 0.6) is 0 Å². The predicted octanol–water partition coefficient (Wildman–Crippen LogP) is 0.633. The highest BCUT2D eigenvalue weighted by atomic mass is 35.5. The molecule has 0 aromatic heterocycles. The predicted molar refractivity (Wildman–Crippen MR) is 32.1 cm³/mol. The second-order valence-electron chi connectivity index (χ2n) is 0.981. The average Bonchev–Trinajstić information content (AvgIpc) is 1.69. The van der Waals surface area contributed by atoms with Gasteiger partial charge in [0.1, 0.15) is 6.61 Å². The van der Waals surface area contributed by atoms with E-state index >= 15 is 0 Å². The molecule has 0 amide bonds. The summed E-state index contributed by atoms with van der Waals surface area (Å²) >= 11 is 0. The van der Waals surface area contributed by atoms with E-state index in [4.69, 9.17) is 0 Å². The van der Waals surface area contributed by atoms with Crippen LogP contribution in [0, 0.1) is 0 Å². The summed E-state index contributed by atoms with van der Waals surface area (Å²) in [6.07, 6.45) is 0. The van der Waals surface area contributed by atoms with Gasteiger partial charge in [-0.25, -0.2) is 9.78 Å². The highest BCUT2D eigenvalue weighted by Gasteiger charge is 1.79. The smallest absolute Gasteiger partial charge is 0.106 e. The third kappa shape index (κ3) is 9.48. The molecule has 52 valence electrons. The molecule has 0 saturated heterocycles.